The molecule has 2 N–H and O–H groups in total. The van der Waals surface area contributed by atoms with Gasteiger partial charge in [-0.3, -0.25) is 29.8 Å². The second kappa shape index (κ2) is 7.42. The van der Waals surface area contributed by atoms with E-state index >= 15 is 0 Å². The number of nitro groups is 1. The molecule has 0 unspecified atom stereocenters. The zero-order chi connectivity index (χ0) is 22.6. The van der Waals surface area contributed by atoms with Gasteiger partial charge in [0.2, 0.25) is 17.7 Å². The third-order valence-electron chi connectivity index (χ3n) is 6.55. The van der Waals surface area contributed by atoms with Crippen LogP contribution < -0.4 is 15.5 Å². The maximum Gasteiger partial charge on any atom is 0.271 e. The summed E-state index contributed by atoms with van der Waals surface area (Å²) in [5.41, 5.74) is -0.158. The average molecular weight is 452 g/mol. The topological polar surface area (TPSA) is 122 Å². The summed E-state index contributed by atoms with van der Waals surface area (Å²) in [4.78, 5) is 52.3. The van der Waals surface area contributed by atoms with Gasteiger partial charge in [0.25, 0.3) is 5.69 Å². The molecule has 32 heavy (non-hydrogen) atoms. The summed E-state index contributed by atoms with van der Waals surface area (Å²) in [6.07, 6.45) is 2.55. The number of non-ortho nitro benzene ring substituents is 1. The van der Waals surface area contributed by atoms with Crippen molar-refractivity contribution in [2.75, 3.05) is 22.2 Å². The van der Waals surface area contributed by atoms with Crippen molar-refractivity contribution in [1.82, 2.24) is 5.32 Å². The van der Waals surface area contributed by atoms with Gasteiger partial charge in [-0.05, 0) is 30.6 Å². The van der Waals surface area contributed by atoms with E-state index in [-0.39, 0.29) is 23.3 Å². The molecule has 4 atom stereocenters. The molecule has 2 saturated heterocycles. The first-order valence-electron chi connectivity index (χ1n) is 10.2. The van der Waals surface area contributed by atoms with Crippen molar-refractivity contribution in [2.24, 2.45) is 11.8 Å². The lowest BCUT2D eigenvalue weighted by molar-refractivity contribution is -0.384. The van der Waals surface area contributed by atoms with Crippen molar-refractivity contribution >= 4 is 46.5 Å². The fourth-order valence-electron chi connectivity index (χ4n) is 5.25. The maximum atomic E-state index is 13.7. The second-order valence-corrected chi connectivity index (χ2v) is 9.12. The number of anilines is 2. The Bertz CT molecular complexity index is 1170. The van der Waals surface area contributed by atoms with Crippen LogP contribution in [-0.4, -0.2) is 40.7 Å². The Balaban J connectivity index is 1.64. The van der Waals surface area contributed by atoms with Gasteiger partial charge in [0.15, 0.2) is 0 Å². The first-order valence-corrected chi connectivity index (χ1v) is 11.6. The molecule has 2 aromatic carbocycles. The molecule has 0 aliphatic carbocycles. The van der Waals surface area contributed by atoms with E-state index in [0.717, 1.165) is 10.7 Å². The largest absolute Gasteiger partial charge is 0.324 e. The number of hydrogen-bond donors (Lipinski definition) is 2. The number of carbonyl (C=O) groups is 3. The molecule has 10 heteroatoms. The maximum absolute atomic E-state index is 13.7. The molecule has 1 spiro atoms. The lowest BCUT2D eigenvalue weighted by Gasteiger charge is -2.29. The van der Waals surface area contributed by atoms with E-state index < -0.39 is 34.1 Å². The Morgan fingerprint density at radius 1 is 1.12 bits per heavy atom. The molecule has 2 aromatic rings. The van der Waals surface area contributed by atoms with Gasteiger partial charge in [0.1, 0.15) is 5.54 Å². The van der Waals surface area contributed by atoms with E-state index in [1.807, 2.05) is 6.26 Å². The lowest BCUT2D eigenvalue weighted by Crippen LogP contribution is -2.53. The van der Waals surface area contributed by atoms with Crippen LogP contribution in [0.15, 0.2) is 48.5 Å². The summed E-state index contributed by atoms with van der Waals surface area (Å²) in [6, 6.07) is 12.2. The van der Waals surface area contributed by atoms with Crippen molar-refractivity contribution in [1.29, 1.82) is 0 Å². The number of nitrogens with one attached hydrogen (secondary N) is 2. The van der Waals surface area contributed by atoms with Gasteiger partial charge >= 0.3 is 0 Å². The number of nitro benzene ring substituents is 1. The molecule has 5 rings (SSSR count). The molecule has 3 heterocycles. The third kappa shape index (κ3) is 2.72. The van der Waals surface area contributed by atoms with E-state index in [2.05, 4.69) is 10.6 Å². The molecule has 0 saturated carbocycles. The van der Waals surface area contributed by atoms with Crippen LogP contribution in [0.4, 0.5) is 17.1 Å². The van der Waals surface area contributed by atoms with Gasteiger partial charge in [-0.15, -0.1) is 0 Å². The van der Waals surface area contributed by atoms with E-state index in [1.54, 1.807) is 36.0 Å². The monoisotopic (exact) mass is 452 g/mol. The second-order valence-electron chi connectivity index (χ2n) is 8.13. The van der Waals surface area contributed by atoms with Crippen LogP contribution in [0.1, 0.15) is 12.0 Å². The standard InChI is InChI=1S/C22H20N4O5S/c1-32-10-9-16-17-18(22(24-16)14-7-2-3-8-15(14)23-21(22)29)20(28)25(19(17)27)12-5-4-6-13(11-12)26(30)31/h2-8,11,16-18,24H,9-10H2,1H3,(H,23,29)/t16-,17+,18+,22-/m0/s1. The quantitative estimate of drug-likeness (QED) is 0.405. The summed E-state index contributed by atoms with van der Waals surface area (Å²) < 4.78 is 0. The van der Waals surface area contributed by atoms with Crippen LogP contribution in [0, 0.1) is 22.0 Å². The van der Waals surface area contributed by atoms with Gasteiger partial charge in [-0.1, -0.05) is 24.3 Å². The minimum absolute atomic E-state index is 0.147. The van der Waals surface area contributed by atoms with Gasteiger partial charge in [0, 0.05) is 29.4 Å². The summed E-state index contributed by atoms with van der Waals surface area (Å²) in [5, 5.41) is 17.5. The zero-order valence-electron chi connectivity index (χ0n) is 17.1. The fourth-order valence-corrected chi connectivity index (χ4v) is 5.74. The highest BCUT2D eigenvalue weighted by molar-refractivity contribution is 7.98. The number of carbonyl (C=O) groups excluding carboxylic acids is 3. The highest BCUT2D eigenvalue weighted by Gasteiger charge is 2.70. The van der Waals surface area contributed by atoms with E-state index in [9.17, 15) is 24.5 Å². The van der Waals surface area contributed by atoms with Crippen LogP contribution in [0.2, 0.25) is 0 Å². The van der Waals surface area contributed by atoms with Crippen molar-refractivity contribution < 1.29 is 19.3 Å². The molecule has 2 fully saturated rings. The molecule has 164 valence electrons. The van der Waals surface area contributed by atoms with Crippen LogP contribution in [0.5, 0.6) is 0 Å². The van der Waals surface area contributed by atoms with Gasteiger partial charge in [0.05, 0.1) is 22.4 Å². The van der Waals surface area contributed by atoms with Crippen molar-refractivity contribution in [2.45, 2.75) is 18.0 Å². The minimum Gasteiger partial charge on any atom is -0.324 e. The molecule has 9 nitrogen and oxygen atoms in total. The highest BCUT2D eigenvalue weighted by Crippen LogP contribution is 2.54. The summed E-state index contributed by atoms with van der Waals surface area (Å²) in [5.74, 6) is -2.25. The smallest absolute Gasteiger partial charge is 0.271 e. The first kappa shape index (κ1) is 20.7. The summed E-state index contributed by atoms with van der Waals surface area (Å²) in [7, 11) is 0. The molecule has 3 aliphatic rings. The van der Waals surface area contributed by atoms with E-state index in [1.165, 1.54) is 24.3 Å². The van der Waals surface area contributed by atoms with Crippen LogP contribution in [0.25, 0.3) is 0 Å². The molecule has 0 aromatic heterocycles. The molecular formula is C22H20N4O5S. The zero-order valence-corrected chi connectivity index (χ0v) is 17.9. The fraction of sp³-hybridized carbons (Fsp3) is 0.318. The molecule has 3 amide bonds. The summed E-state index contributed by atoms with van der Waals surface area (Å²) >= 11 is 1.62. The Morgan fingerprint density at radius 2 is 1.91 bits per heavy atom. The third-order valence-corrected chi connectivity index (χ3v) is 7.20. The Kier molecular flexibility index (Phi) is 4.79. The molecule has 0 bridgehead atoms. The molecule has 0 radical (unpaired) electrons. The van der Waals surface area contributed by atoms with E-state index in [0.29, 0.717) is 17.7 Å². The number of hydrogen-bond acceptors (Lipinski definition) is 7. The molecule has 3 aliphatic heterocycles. The highest BCUT2D eigenvalue weighted by atomic mass is 32.2. The van der Waals surface area contributed by atoms with Crippen molar-refractivity contribution in [3.8, 4) is 0 Å². The SMILES string of the molecule is CSCC[C@@H]1N[C@]2(C(=O)Nc3ccccc32)[C@H]2C(=O)N(c3cccc([N+](=O)[O-])c3)C(=O)[C@H]12. The Labute approximate surface area is 187 Å². The Morgan fingerprint density at radius 3 is 2.66 bits per heavy atom. The van der Waals surface area contributed by atoms with Crippen LogP contribution in [0.3, 0.4) is 0 Å². The van der Waals surface area contributed by atoms with Gasteiger partial charge < -0.3 is 5.32 Å². The number of benzene rings is 2. The number of para-hydroxylation sites is 1. The first-order chi connectivity index (χ1) is 15.4. The van der Waals surface area contributed by atoms with Crippen molar-refractivity contribution in [3.05, 3.63) is 64.2 Å². The minimum atomic E-state index is -1.35. The number of fused-ring (bicyclic) bond motifs is 4. The number of thioether (sulfide) groups is 1. The van der Waals surface area contributed by atoms with Crippen molar-refractivity contribution in [3.63, 3.8) is 0 Å². The van der Waals surface area contributed by atoms with Crippen LogP contribution >= 0.6 is 11.8 Å². The lowest BCUT2D eigenvalue weighted by atomic mass is 9.76. The van der Waals surface area contributed by atoms with E-state index in [4.69, 9.17) is 0 Å². The van der Waals surface area contributed by atoms with Gasteiger partial charge in [-0.25, -0.2) is 4.90 Å². The number of nitrogens with zero attached hydrogens (tertiary/aromatic N) is 2. The predicted octanol–water partition coefficient (Wildman–Crippen LogP) is 2.27. The number of imide groups is 1. The molecular weight excluding hydrogens is 432 g/mol. The normalized spacial score (nSPS) is 28.2. The average Bonchev–Trinajstić information content (AvgIpc) is 3.37. The van der Waals surface area contributed by atoms with Crippen LogP contribution in [-0.2, 0) is 19.9 Å². The number of amides is 3. The number of rotatable bonds is 5. The summed E-state index contributed by atoms with van der Waals surface area (Å²) in [6.45, 7) is 0. The predicted molar refractivity (Wildman–Crippen MR) is 119 cm³/mol. The van der Waals surface area contributed by atoms with Gasteiger partial charge in [-0.2, -0.15) is 11.8 Å². The Hall–Kier alpha value is -3.24.